The molecule has 122 valence electrons. The number of hydrogen-bond donors (Lipinski definition) is 2. The lowest BCUT2D eigenvalue weighted by Crippen LogP contribution is -2.44. The molecule has 3 rings (SSSR count). The van der Waals surface area contributed by atoms with Gasteiger partial charge in [-0.1, -0.05) is 19.8 Å². The number of carbonyl (C=O) groups is 1. The molecule has 22 heavy (non-hydrogen) atoms. The predicted molar refractivity (Wildman–Crippen MR) is 86.5 cm³/mol. The van der Waals surface area contributed by atoms with Gasteiger partial charge in [-0.25, -0.2) is 0 Å². The van der Waals surface area contributed by atoms with Crippen molar-refractivity contribution < 1.29 is 4.79 Å². The fourth-order valence-electron chi connectivity index (χ4n) is 4.06. The topological polar surface area (TPSA) is 59.0 Å². The van der Waals surface area contributed by atoms with E-state index >= 15 is 0 Å². The number of amides is 1. The summed E-state index contributed by atoms with van der Waals surface area (Å²) in [5.41, 5.74) is 1.56. The van der Waals surface area contributed by atoms with Crippen LogP contribution < -0.4 is 10.6 Å². The van der Waals surface area contributed by atoms with Gasteiger partial charge in [-0.15, -0.1) is 0 Å². The first-order valence-electron chi connectivity index (χ1n) is 8.60. The largest absolute Gasteiger partial charge is 0.355 e. The van der Waals surface area contributed by atoms with Crippen LogP contribution in [0.5, 0.6) is 0 Å². The lowest BCUT2D eigenvalue weighted by atomic mass is 9.66. The van der Waals surface area contributed by atoms with E-state index in [1.807, 2.05) is 24.1 Å². The van der Waals surface area contributed by atoms with E-state index in [0.29, 0.717) is 5.41 Å². The van der Waals surface area contributed by atoms with Crippen LogP contribution in [0.15, 0.2) is 12.4 Å². The molecule has 0 radical (unpaired) electrons. The van der Waals surface area contributed by atoms with Gasteiger partial charge >= 0.3 is 0 Å². The number of nitrogens with zero attached hydrogens (tertiary/aromatic N) is 2. The highest BCUT2D eigenvalue weighted by Gasteiger charge is 2.39. The molecule has 1 amide bonds. The molecule has 5 nitrogen and oxygen atoms in total. The number of aromatic nitrogens is 2. The summed E-state index contributed by atoms with van der Waals surface area (Å²) in [6.07, 6.45) is 10.2. The average Bonchev–Trinajstić information content (AvgIpc) is 3.09. The summed E-state index contributed by atoms with van der Waals surface area (Å²) in [7, 11) is 1.92. The Morgan fingerprint density at radius 1 is 1.50 bits per heavy atom. The monoisotopic (exact) mass is 304 g/mol. The first-order chi connectivity index (χ1) is 10.6. The fraction of sp³-hybridized carbons (Fsp3) is 0.765. The molecular weight excluding hydrogens is 276 g/mol. The lowest BCUT2D eigenvalue weighted by molar-refractivity contribution is -0.125. The standard InChI is InChI=1S/C17H28N4O/c1-3-5-17(6-4-7-17)12-19-16(22)15-10-18-9-14(15)13-8-20-21(2)11-13/h8,11,14-15,18H,3-7,9-10,12H2,1-2H3,(H,19,22)/t14-,15+/m1/s1. The minimum atomic E-state index is 0.0305. The number of aryl methyl sites for hydroxylation is 1. The zero-order chi connectivity index (χ0) is 15.6. The quantitative estimate of drug-likeness (QED) is 0.842. The van der Waals surface area contributed by atoms with E-state index in [4.69, 9.17) is 0 Å². The SMILES string of the molecule is CCCC1(CNC(=O)[C@H]2CNC[C@@H]2c2cnn(C)c2)CCC1. The second kappa shape index (κ2) is 6.41. The van der Waals surface area contributed by atoms with Crippen molar-refractivity contribution in [2.75, 3.05) is 19.6 Å². The third-order valence-corrected chi connectivity index (χ3v) is 5.54. The van der Waals surface area contributed by atoms with Gasteiger partial charge in [0.15, 0.2) is 0 Å². The third kappa shape index (κ3) is 3.05. The fourth-order valence-corrected chi connectivity index (χ4v) is 4.06. The summed E-state index contributed by atoms with van der Waals surface area (Å²) < 4.78 is 1.81. The molecule has 1 aliphatic heterocycles. The molecule has 0 bridgehead atoms. The molecule has 1 saturated heterocycles. The Hall–Kier alpha value is -1.36. The van der Waals surface area contributed by atoms with Crippen molar-refractivity contribution in [1.29, 1.82) is 0 Å². The number of nitrogens with one attached hydrogen (secondary N) is 2. The highest BCUT2D eigenvalue weighted by molar-refractivity contribution is 5.80. The van der Waals surface area contributed by atoms with Crippen molar-refractivity contribution in [1.82, 2.24) is 20.4 Å². The molecule has 1 aliphatic carbocycles. The molecule has 2 fully saturated rings. The van der Waals surface area contributed by atoms with Gasteiger partial charge in [-0.2, -0.15) is 5.10 Å². The van der Waals surface area contributed by atoms with Crippen molar-refractivity contribution in [2.24, 2.45) is 18.4 Å². The Morgan fingerprint density at radius 3 is 2.91 bits per heavy atom. The van der Waals surface area contributed by atoms with E-state index in [1.165, 1.54) is 37.7 Å². The molecular formula is C17H28N4O. The van der Waals surface area contributed by atoms with Crippen molar-refractivity contribution >= 4 is 5.91 Å². The minimum absolute atomic E-state index is 0.0305. The van der Waals surface area contributed by atoms with Crippen LogP contribution in [-0.4, -0.2) is 35.3 Å². The van der Waals surface area contributed by atoms with E-state index in [9.17, 15) is 4.79 Å². The average molecular weight is 304 g/mol. The molecule has 5 heteroatoms. The lowest BCUT2D eigenvalue weighted by Gasteiger charge is -2.42. The molecule has 2 heterocycles. The van der Waals surface area contributed by atoms with Crippen LogP contribution in [0, 0.1) is 11.3 Å². The summed E-state index contributed by atoms with van der Waals surface area (Å²) in [4.78, 5) is 12.6. The molecule has 1 aromatic rings. The van der Waals surface area contributed by atoms with Gasteiger partial charge in [0, 0.05) is 38.8 Å². The van der Waals surface area contributed by atoms with Gasteiger partial charge in [-0.05, 0) is 30.2 Å². The van der Waals surface area contributed by atoms with Gasteiger partial charge in [0.1, 0.15) is 0 Å². The molecule has 2 aliphatic rings. The number of hydrogen-bond acceptors (Lipinski definition) is 3. The predicted octanol–water partition coefficient (Wildman–Crippen LogP) is 1.81. The molecule has 1 aromatic heterocycles. The Balaban J connectivity index is 1.59. The van der Waals surface area contributed by atoms with E-state index in [1.54, 1.807) is 0 Å². The molecule has 0 unspecified atom stereocenters. The van der Waals surface area contributed by atoms with E-state index in [-0.39, 0.29) is 17.7 Å². The third-order valence-electron chi connectivity index (χ3n) is 5.54. The van der Waals surface area contributed by atoms with Crippen LogP contribution in [-0.2, 0) is 11.8 Å². The highest BCUT2D eigenvalue weighted by Crippen LogP contribution is 2.44. The van der Waals surface area contributed by atoms with Gasteiger partial charge in [0.05, 0.1) is 12.1 Å². The Kier molecular flexibility index (Phi) is 4.52. The van der Waals surface area contributed by atoms with Crippen molar-refractivity contribution in [3.63, 3.8) is 0 Å². The van der Waals surface area contributed by atoms with E-state index in [2.05, 4.69) is 22.7 Å². The van der Waals surface area contributed by atoms with Gasteiger partial charge < -0.3 is 10.6 Å². The van der Waals surface area contributed by atoms with Gasteiger partial charge in [0.2, 0.25) is 5.91 Å². The summed E-state index contributed by atoms with van der Waals surface area (Å²) in [5.74, 6) is 0.487. The van der Waals surface area contributed by atoms with Crippen molar-refractivity contribution in [2.45, 2.75) is 44.9 Å². The Bertz CT molecular complexity index is 520. The first kappa shape index (κ1) is 15.5. The number of carbonyl (C=O) groups excluding carboxylic acids is 1. The van der Waals surface area contributed by atoms with Crippen molar-refractivity contribution in [3.8, 4) is 0 Å². The zero-order valence-corrected chi connectivity index (χ0v) is 13.8. The summed E-state index contributed by atoms with van der Waals surface area (Å²) in [5, 5.41) is 10.9. The molecule has 2 atom stereocenters. The maximum atomic E-state index is 12.6. The normalized spacial score (nSPS) is 26.6. The first-order valence-corrected chi connectivity index (χ1v) is 8.60. The molecule has 2 N–H and O–H groups in total. The van der Waals surface area contributed by atoms with Gasteiger partial charge in [-0.3, -0.25) is 9.48 Å². The van der Waals surface area contributed by atoms with E-state index in [0.717, 1.165) is 19.6 Å². The zero-order valence-electron chi connectivity index (χ0n) is 13.8. The Labute approximate surface area is 132 Å². The molecule has 0 aromatic carbocycles. The number of rotatable bonds is 6. The van der Waals surface area contributed by atoms with Crippen LogP contribution >= 0.6 is 0 Å². The molecule has 0 spiro atoms. The second-order valence-corrected chi connectivity index (χ2v) is 7.14. The summed E-state index contributed by atoms with van der Waals surface area (Å²) >= 11 is 0. The summed E-state index contributed by atoms with van der Waals surface area (Å²) in [6.45, 7) is 4.73. The smallest absolute Gasteiger partial charge is 0.225 e. The van der Waals surface area contributed by atoms with Crippen LogP contribution in [0.2, 0.25) is 0 Å². The van der Waals surface area contributed by atoms with E-state index < -0.39 is 0 Å². The summed E-state index contributed by atoms with van der Waals surface area (Å²) in [6, 6.07) is 0. The maximum absolute atomic E-state index is 12.6. The van der Waals surface area contributed by atoms with Crippen LogP contribution in [0.3, 0.4) is 0 Å². The van der Waals surface area contributed by atoms with Gasteiger partial charge in [0.25, 0.3) is 0 Å². The second-order valence-electron chi connectivity index (χ2n) is 7.14. The van der Waals surface area contributed by atoms with Crippen LogP contribution in [0.4, 0.5) is 0 Å². The van der Waals surface area contributed by atoms with Crippen molar-refractivity contribution in [3.05, 3.63) is 18.0 Å². The Morgan fingerprint density at radius 2 is 2.32 bits per heavy atom. The highest BCUT2D eigenvalue weighted by atomic mass is 16.1. The van der Waals surface area contributed by atoms with Crippen LogP contribution in [0.1, 0.15) is 50.5 Å². The molecule has 1 saturated carbocycles. The minimum Gasteiger partial charge on any atom is -0.355 e. The maximum Gasteiger partial charge on any atom is 0.225 e. The van der Waals surface area contributed by atoms with Crippen LogP contribution in [0.25, 0.3) is 0 Å².